The van der Waals surface area contributed by atoms with Crippen LogP contribution in [-0.2, 0) is 15.9 Å². The summed E-state index contributed by atoms with van der Waals surface area (Å²) < 4.78 is 11.4. The molecule has 0 saturated carbocycles. The molecule has 2 heterocycles. The summed E-state index contributed by atoms with van der Waals surface area (Å²) in [5.41, 5.74) is 1.31. The molecule has 158 valence electrons. The van der Waals surface area contributed by atoms with E-state index in [-0.39, 0.29) is 5.60 Å². The molecule has 2 aliphatic rings. The van der Waals surface area contributed by atoms with Crippen LogP contribution in [0.2, 0.25) is 5.02 Å². The monoisotopic (exact) mass is 410 g/mol. The average molecular weight is 411 g/mol. The number of benzene rings is 1. The number of morpholine rings is 1. The minimum absolute atomic E-state index is 0.00502. The lowest BCUT2D eigenvalue weighted by molar-refractivity contribution is -0.919. The maximum atomic E-state index is 6.49. The fourth-order valence-corrected chi connectivity index (χ4v) is 5.04. The average Bonchev–Trinajstić information content (AvgIpc) is 2.68. The van der Waals surface area contributed by atoms with Gasteiger partial charge in [0.25, 0.3) is 0 Å². The Kier molecular flexibility index (Phi) is 8.61. The highest BCUT2D eigenvalue weighted by molar-refractivity contribution is 6.31. The molecule has 0 radical (unpaired) electrons. The van der Waals surface area contributed by atoms with E-state index in [9.17, 15) is 0 Å². The molecular weight excluding hydrogens is 372 g/mol. The predicted molar refractivity (Wildman–Crippen MR) is 114 cm³/mol. The van der Waals surface area contributed by atoms with E-state index in [4.69, 9.17) is 21.1 Å². The zero-order chi connectivity index (χ0) is 19.8. The lowest BCUT2D eigenvalue weighted by Crippen LogP contribution is -3.16. The van der Waals surface area contributed by atoms with Crippen LogP contribution in [0.5, 0.6) is 0 Å². The molecule has 0 spiro atoms. The van der Waals surface area contributed by atoms with Gasteiger partial charge in [-0.25, -0.2) is 0 Å². The second kappa shape index (κ2) is 10.9. The van der Waals surface area contributed by atoms with Crippen LogP contribution in [0.3, 0.4) is 0 Å². The Labute approximate surface area is 175 Å². The van der Waals surface area contributed by atoms with Crippen molar-refractivity contribution < 1.29 is 19.7 Å². The maximum absolute atomic E-state index is 6.49. The van der Waals surface area contributed by atoms with Crippen LogP contribution in [0.15, 0.2) is 24.3 Å². The van der Waals surface area contributed by atoms with Gasteiger partial charge in [0.15, 0.2) is 0 Å². The molecule has 5 heteroatoms. The van der Waals surface area contributed by atoms with Gasteiger partial charge in [-0.1, -0.05) is 29.8 Å². The Balaban J connectivity index is 1.51. The molecule has 2 fully saturated rings. The normalized spacial score (nSPS) is 24.2. The van der Waals surface area contributed by atoms with Crippen molar-refractivity contribution in [2.24, 2.45) is 11.8 Å². The molecule has 28 heavy (non-hydrogen) atoms. The summed E-state index contributed by atoms with van der Waals surface area (Å²) >= 11 is 6.49. The first-order valence-corrected chi connectivity index (χ1v) is 11.5. The third-order valence-electron chi connectivity index (χ3n) is 6.49. The minimum atomic E-state index is 0.00502. The highest BCUT2D eigenvalue weighted by Crippen LogP contribution is 2.36. The van der Waals surface area contributed by atoms with Gasteiger partial charge in [0.05, 0.1) is 25.4 Å². The van der Waals surface area contributed by atoms with E-state index in [0.29, 0.717) is 5.92 Å². The van der Waals surface area contributed by atoms with E-state index in [0.717, 1.165) is 43.6 Å². The first-order valence-electron chi connectivity index (χ1n) is 11.1. The van der Waals surface area contributed by atoms with Crippen LogP contribution < -0.4 is 10.2 Å². The highest BCUT2D eigenvalue weighted by atomic mass is 35.5. The van der Waals surface area contributed by atoms with Gasteiger partial charge >= 0.3 is 0 Å². The first-order chi connectivity index (χ1) is 13.5. The van der Waals surface area contributed by atoms with Crippen molar-refractivity contribution in [1.29, 1.82) is 0 Å². The van der Waals surface area contributed by atoms with E-state index in [1.54, 1.807) is 4.90 Å². The lowest BCUT2D eigenvalue weighted by Gasteiger charge is -2.39. The molecule has 2 saturated heterocycles. The Hall–Kier alpha value is -0.650. The van der Waals surface area contributed by atoms with Crippen LogP contribution in [0.4, 0.5) is 0 Å². The largest absolute Gasteiger partial charge is 0.376 e. The van der Waals surface area contributed by atoms with E-state index >= 15 is 0 Å². The van der Waals surface area contributed by atoms with Crippen molar-refractivity contribution in [2.75, 3.05) is 52.5 Å². The summed E-state index contributed by atoms with van der Waals surface area (Å²) in [5, 5.41) is 3.44. The van der Waals surface area contributed by atoms with Crippen molar-refractivity contribution in [3.63, 3.8) is 0 Å². The van der Waals surface area contributed by atoms with E-state index in [2.05, 4.69) is 31.3 Å². The molecule has 0 unspecified atom stereocenters. The SMILES string of the molecule is CC1(C)C[C@@H]([C@@H](CC[NH2+]CC[NH+]2CCOCC2)Cc2ccccc2Cl)CCO1. The minimum Gasteiger partial charge on any atom is -0.376 e. The predicted octanol–water partition coefficient (Wildman–Crippen LogP) is 1.57. The Morgan fingerprint density at radius 3 is 2.71 bits per heavy atom. The number of ether oxygens (including phenoxy) is 2. The third-order valence-corrected chi connectivity index (χ3v) is 6.85. The summed E-state index contributed by atoms with van der Waals surface area (Å²) in [4.78, 5) is 1.70. The number of hydrogen-bond donors (Lipinski definition) is 2. The number of halogens is 1. The molecular formula is C23H39ClN2O2+2. The van der Waals surface area contributed by atoms with Gasteiger partial charge in [0, 0.05) is 11.6 Å². The third kappa shape index (κ3) is 7.00. The molecule has 1 aromatic rings. The number of nitrogens with two attached hydrogens (primary N) is 1. The molecule has 0 amide bonds. The van der Waals surface area contributed by atoms with Crippen molar-refractivity contribution >= 4 is 11.6 Å². The summed E-state index contributed by atoms with van der Waals surface area (Å²) in [5.74, 6) is 1.40. The first kappa shape index (κ1) is 22.0. The van der Waals surface area contributed by atoms with Crippen LogP contribution >= 0.6 is 11.6 Å². The fourth-order valence-electron chi connectivity index (χ4n) is 4.82. The van der Waals surface area contributed by atoms with Crippen LogP contribution in [0, 0.1) is 11.8 Å². The Morgan fingerprint density at radius 1 is 1.18 bits per heavy atom. The summed E-state index contributed by atoms with van der Waals surface area (Å²) in [6.45, 7) is 13.2. The van der Waals surface area contributed by atoms with Crippen LogP contribution in [0.25, 0.3) is 0 Å². The van der Waals surface area contributed by atoms with E-state index < -0.39 is 0 Å². The Bertz CT molecular complexity index is 590. The number of hydrogen-bond acceptors (Lipinski definition) is 2. The topological polar surface area (TPSA) is 39.5 Å². The molecule has 2 aliphatic heterocycles. The van der Waals surface area contributed by atoms with Gasteiger partial charge in [-0.05, 0) is 63.0 Å². The van der Waals surface area contributed by atoms with Crippen molar-refractivity contribution in [3.8, 4) is 0 Å². The second-order valence-electron chi connectivity index (χ2n) is 9.18. The lowest BCUT2D eigenvalue weighted by atomic mass is 9.75. The zero-order valence-electron chi connectivity index (χ0n) is 17.7. The van der Waals surface area contributed by atoms with Gasteiger partial charge in [0.2, 0.25) is 0 Å². The molecule has 3 N–H and O–H groups in total. The van der Waals surface area contributed by atoms with Crippen molar-refractivity contribution in [2.45, 2.75) is 45.1 Å². The standard InChI is InChI=1S/C23H37ClN2O2/c1-23(2)18-21(8-14-28-23)19(17-20-5-3-4-6-22(20)24)7-9-25-10-11-26-12-15-27-16-13-26/h3-6,19,21,25H,7-18H2,1-2H3/p+2/t19-,21-/m0/s1. The van der Waals surface area contributed by atoms with Crippen LogP contribution in [-0.4, -0.2) is 58.1 Å². The molecule has 0 aromatic heterocycles. The fraction of sp³-hybridized carbons (Fsp3) is 0.739. The number of quaternary nitrogens is 2. The summed E-state index contributed by atoms with van der Waals surface area (Å²) in [6, 6.07) is 8.37. The molecule has 0 aliphatic carbocycles. The molecule has 3 rings (SSSR count). The molecule has 1 aromatic carbocycles. The summed E-state index contributed by atoms with van der Waals surface area (Å²) in [7, 11) is 0. The molecule has 2 atom stereocenters. The zero-order valence-corrected chi connectivity index (χ0v) is 18.5. The quantitative estimate of drug-likeness (QED) is 0.606. The van der Waals surface area contributed by atoms with Crippen LogP contribution in [0.1, 0.15) is 38.7 Å². The van der Waals surface area contributed by atoms with Gasteiger partial charge in [-0.3, -0.25) is 0 Å². The smallest absolute Gasteiger partial charge is 0.127 e. The highest BCUT2D eigenvalue weighted by Gasteiger charge is 2.33. The molecule has 4 nitrogen and oxygen atoms in total. The molecule has 0 bridgehead atoms. The Morgan fingerprint density at radius 2 is 1.96 bits per heavy atom. The van der Waals surface area contributed by atoms with Gasteiger partial charge < -0.3 is 19.7 Å². The maximum Gasteiger partial charge on any atom is 0.127 e. The van der Waals surface area contributed by atoms with E-state index in [1.165, 1.54) is 51.1 Å². The van der Waals surface area contributed by atoms with Crippen molar-refractivity contribution in [3.05, 3.63) is 34.9 Å². The van der Waals surface area contributed by atoms with Gasteiger partial charge in [-0.15, -0.1) is 0 Å². The summed E-state index contributed by atoms with van der Waals surface area (Å²) in [6.07, 6.45) is 4.67. The van der Waals surface area contributed by atoms with E-state index in [1.807, 2.05) is 12.1 Å². The number of rotatable bonds is 9. The number of nitrogens with one attached hydrogen (secondary N) is 1. The second-order valence-corrected chi connectivity index (χ2v) is 9.59. The van der Waals surface area contributed by atoms with Gasteiger partial charge in [-0.2, -0.15) is 0 Å². The van der Waals surface area contributed by atoms with Gasteiger partial charge in [0.1, 0.15) is 26.2 Å². The van der Waals surface area contributed by atoms with Crippen molar-refractivity contribution in [1.82, 2.24) is 0 Å².